The zero-order chi connectivity index (χ0) is 16.9. The summed E-state index contributed by atoms with van der Waals surface area (Å²) in [7, 11) is 1.65. The minimum atomic E-state index is 0.107. The van der Waals surface area contributed by atoms with E-state index in [2.05, 4.69) is 17.1 Å². The van der Waals surface area contributed by atoms with Gasteiger partial charge >= 0.3 is 0 Å². The Bertz CT molecular complexity index is 698. The van der Waals surface area contributed by atoms with Gasteiger partial charge in [-0.3, -0.25) is 4.79 Å². The Hall–Kier alpha value is -2.37. The summed E-state index contributed by atoms with van der Waals surface area (Å²) in [4.78, 5) is 18.6. The average Bonchev–Trinajstić information content (AvgIpc) is 3.06. The van der Waals surface area contributed by atoms with Crippen molar-refractivity contribution in [1.29, 1.82) is 0 Å². The van der Waals surface area contributed by atoms with Crippen molar-refractivity contribution in [3.63, 3.8) is 0 Å². The maximum atomic E-state index is 12.3. The Kier molecular flexibility index (Phi) is 5.13. The molecule has 0 spiro atoms. The molecule has 0 N–H and O–H groups in total. The Labute approximate surface area is 141 Å². The van der Waals surface area contributed by atoms with Gasteiger partial charge in [-0.05, 0) is 18.9 Å². The molecule has 1 saturated heterocycles. The van der Waals surface area contributed by atoms with Crippen molar-refractivity contribution in [1.82, 2.24) is 15.0 Å². The molecule has 1 atom stereocenters. The summed E-state index contributed by atoms with van der Waals surface area (Å²) >= 11 is 0. The Morgan fingerprint density at radius 2 is 2.21 bits per heavy atom. The van der Waals surface area contributed by atoms with Crippen molar-refractivity contribution in [2.45, 2.75) is 45.1 Å². The van der Waals surface area contributed by atoms with E-state index in [-0.39, 0.29) is 11.8 Å². The number of carbonyl (C=O) groups excluding carboxylic acids is 1. The first-order chi connectivity index (χ1) is 11.7. The minimum absolute atomic E-state index is 0.107. The molecule has 6 heteroatoms. The lowest BCUT2D eigenvalue weighted by molar-refractivity contribution is -0.134. The number of ether oxygens (including phenoxy) is 1. The molecule has 1 aliphatic rings. The van der Waals surface area contributed by atoms with Crippen LogP contribution in [0.3, 0.4) is 0 Å². The van der Waals surface area contributed by atoms with E-state index in [1.807, 2.05) is 29.2 Å². The Morgan fingerprint density at radius 1 is 1.38 bits per heavy atom. The minimum Gasteiger partial charge on any atom is -0.496 e. The molecule has 128 valence electrons. The molecule has 1 fully saturated rings. The number of methoxy groups -OCH3 is 1. The summed E-state index contributed by atoms with van der Waals surface area (Å²) < 4.78 is 10.8. The molecule has 0 bridgehead atoms. The topological polar surface area (TPSA) is 68.5 Å². The first-order valence-corrected chi connectivity index (χ1v) is 8.43. The summed E-state index contributed by atoms with van der Waals surface area (Å²) in [5, 5.41) is 4.03. The first-order valence-electron chi connectivity index (χ1n) is 8.43. The molecule has 3 rings (SSSR count). The van der Waals surface area contributed by atoms with E-state index in [0.717, 1.165) is 36.4 Å². The van der Waals surface area contributed by atoms with Gasteiger partial charge in [-0.15, -0.1) is 0 Å². The van der Waals surface area contributed by atoms with Gasteiger partial charge in [0.25, 0.3) is 0 Å². The van der Waals surface area contributed by atoms with Gasteiger partial charge in [0.05, 0.1) is 13.0 Å². The van der Waals surface area contributed by atoms with Crippen molar-refractivity contribution in [2.75, 3.05) is 13.7 Å². The fourth-order valence-corrected chi connectivity index (χ4v) is 3.07. The standard InChI is InChI=1S/C18H23N3O3/c1-3-6-16-19-18(24-20-16)14-9-10-17(22)21(12-14)11-13-7-4-5-8-15(13)23-2/h4-5,7-8,14H,3,6,9-12H2,1-2H3/t14-/m0/s1. The van der Waals surface area contributed by atoms with E-state index in [0.29, 0.717) is 25.4 Å². The molecule has 1 aliphatic heterocycles. The smallest absolute Gasteiger partial charge is 0.231 e. The molecule has 1 aromatic heterocycles. The molecule has 0 unspecified atom stereocenters. The third kappa shape index (κ3) is 3.58. The third-order valence-electron chi connectivity index (χ3n) is 4.36. The number of likely N-dealkylation sites (tertiary alicyclic amines) is 1. The zero-order valence-corrected chi connectivity index (χ0v) is 14.2. The lowest BCUT2D eigenvalue weighted by Crippen LogP contribution is -2.38. The number of rotatable bonds is 6. The van der Waals surface area contributed by atoms with E-state index in [9.17, 15) is 4.79 Å². The molecule has 1 amide bonds. The van der Waals surface area contributed by atoms with Crippen molar-refractivity contribution >= 4 is 5.91 Å². The maximum Gasteiger partial charge on any atom is 0.231 e. The van der Waals surface area contributed by atoms with Crippen LogP contribution in [0.1, 0.15) is 49.4 Å². The number of hydrogen-bond acceptors (Lipinski definition) is 5. The second kappa shape index (κ2) is 7.47. The SMILES string of the molecule is CCCc1noc([C@H]2CCC(=O)N(Cc3ccccc3OC)C2)n1. The number of nitrogens with zero attached hydrogens (tertiary/aromatic N) is 3. The Balaban J connectivity index is 1.72. The highest BCUT2D eigenvalue weighted by Gasteiger charge is 2.30. The predicted octanol–water partition coefficient (Wildman–Crippen LogP) is 2.94. The predicted molar refractivity (Wildman–Crippen MR) is 88.7 cm³/mol. The zero-order valence-electron chi connectivity index (χ0n) is 14.2. The van der Waals surface area contributed by atoms with E-state index in [4.69, 9.17) is 9.26 Å². The van der Waals surface area contributed by atoms with Crippen molar-refractivity contribution in [2.24, 2.45) is 0 Å². The average molecular weight is 329 g/mol. The molecule has 0 aliphatic carbocycles. The number of para-hydroxylation sites is 1. The second-order valence-corrected chi connectivity index (χ2v) is 6.12. The van der Waals surface area contributed by atoms with Crippen molar-refractivity contribution in [3.05, 3.63) is 41.5 Å². The summed E-state index contributed by atoms with van der Waals surface area (Å²) in [5.74, 6) is 2.47. The van der Waals surface area contributed by atoms with Gasteiger partial charge in [0.2, 0.25) is 11.8 Å². The van der Waals surface area contributed by atoms with Gasteiger partial charge in [-0.25, -0.2) is 0 Å². The highest BCUT2D eigenvalue weighted by Crippen LogP contribution is 2.29. The quantitative estimate of drug-likeness (QED) is 0.815. The van der Waals surface area contributed by atoms with E-state index in [1.165, 1.54) is 0 Å². The van der Waals surface area contributed by atoms with E-state index in [1.54, 1.807) is 7.11 Å². The number of hydrogen-bond donors (Lipinski definition) is 0. The van der Waals surface area contributed by atoms with Gasteiger partial charge < -0.3 is 14.2 Å². The summed E-state index contributed by atoms with van der Waals surface area (Å²) in [6, 6.07) is 7.79. The fourth-order valence-electron chi connectivity index (χ4n) is 3.07. The number of benzene rings is 1. The van der Waals surface area contributed by atoms with Crippen LogP contribution in [0.2, 0.25) is 0 Å². The van der Waals surface area contributed by atoms with Crippen LogP contribution in [0.15, 0.2) is 28.8 Å². The molecular weight excluding hydrogens is 306 g/mol. The lowest BCUT2D eigenvalue weighted by atomic mass is 9.97. The van der Waals surface area contributed by atoms with Crippen LogP contribution in [-0.2, 0) is 17.8 Å². The largest absolute Gasteiger partial charge is 0.496 e. The van der Waals surface area contributed by atoms with Crippen LogP contribution in [0.5, 0.6) is 5.75 Å². The number of amides is 1. The number of aryl methyl sites for hydroxylation is 1. The summed E-state index contributed by atoms with van der Waals surface area (Å²) in [6.07, 6.45) is 3.07. The van der Waals surface area contributed by atoms with Gasteiger partial charge in [-0.2, -0.15) is 4.98 Å². The van der Waals surface area contributed by atoms with E-state index >= 15 is 0 Å². The van der Waals surface area contributed by atoms with Crippen LogP contribution in [0.4, 0.5) is 0 Å². The number of aromatic nitrogens is 2. The highest BCUT2D eigenvalue weighted by atomic mass is 16.5. The summed E-state index contributed by atoms with van der Waals surface area (Å²) in [6.45, 7) is 3.23. The number of piperidine rings is 1. The van der Waals surface area contributed by atoms with Crippen molar-refractivity contribution in [3.8, 4) is 5.75 Å². The third-order valence-corrected chi connectivity index (χ3v) is 4.36. The molecule has 0 radical (unpaired) electrons. The lowest BCUT2D eigenvalue weighted by Gasteiger charge is -2.31. The molecule has 2 aromatic rings. The molecular formula is C18H23N3O3. The van der Waals surface area contributed by atoms with Crippen LogP contribution >= 0.6 is 0 Å². The molecule has 6 nitrogen and oxygen atoms in total. The van der Waals surface area contributed by atoms with Gasteiger partial charge in [0, 0.05) is 31.5 Å². The second-order valence-electron chi connectivity index (χ2n) is 6.12. The monoisotopic (exact) mass is 329 g/mol. The van der Waals surface area contributed by atoms with Crippen LogP contribution in [-0.4, -0.2) is 34.6 Å². The molecule has 24 heavy (non-hydrogen) atoms. The van der Waals surface area contributed by atoms with E-state index < -0.39 is 0 Å². The highest BCUT2D eigenvalue weighted by molar-refractivity contribution is 5.77. The van der Waals surface area contributed by atoms with Gasteiger partial charge in [-0.1, -0.05) is 30.3 Å². The van der Waals surface area contributed by atoms with Crippen molar-refractivity contribution < 1.29 is 14.1 Å². The van der Waals surface area contributed by atoms with Gasteiger partial charge in [0.15, 0.2) is 5.82 Å². The van der Waals surface area contributed by atoms with Gasteiger partial charge in [0.1, 0.15) is 5.75 Å². The van der Waals surface area contributed by atoms with Crippen LogP contribution < -0.4 is 4.74 Å². The first kappa shape index (κ1) is 16.5. The maximum absolute atomic E-state index is 12.3. The fraction of sp³-hybridized carbons (Fsp3) is 0.500. The van der Waals surface area contributed by atoms with Crippen LogP contribution in [0.25, 0.3) is 0 Å². The summed E-state index contributed by atoms with van der Waals surface area (Å²) in [5.41, 5.74) is 1.01. The molecule has 1 aromatic carbocycles. The van der Waals surface area contributed by atoms with Crippen LogP contribution in [0, 0.1) is 0 Å². The normalized spacial score (nSPS) is 18.0. The number of carbonyl (C=O) groups is 1. The molecule has 2 heterocycles. The molecule has 0 saturated carbocycles. The Morgan fingerprint density at radius 3 is 3.00 bits per heavy atom.